The van der Waals surface area contributed by atoms with Crippen molar-refractivity contribution in [3.8, 4) is 11.6 Å². The van der Waals surface area contributed by atoms with E-state index in [1.807, 2.05) is 14.0 Å². The molecule has 0 fully saturated rings. The quantitative estimate of drug-likeness (QED) is 0.664. The zero-order chi connectivity index (χ0) is 19.1. The Morgan fingerprint density at radius 1 is 1.26 bits per heavy atom. The molecular formula is C17H20N6O4. The number of carbonyl (C=O) groups is 1. The number of rotatable bonds is 5. The Morgan fingerprint density at radius 2 is 2.07 bits per heavy atom. The van der Waals surface area contributed by atoms with Crippen LogP contribution in [0.4, 0.5) is 0 Å². The number of ether oxygens (including phenoxy) is 1. The summed E-state index contributed by atoms with van der Waals surface area (Å²) in [5, 5.41) is 12.4. The molecule has 4 rings (SSSR count). The molecular weight excluding hydrogens is 352 g/mol. The number of hydrogen-bond acceptors (Lipinski definition) is 8. The summed E-state index contributed by atoms with van der Waals surface area (Å²) in [6, 6.07) is 0. The second kappa shape index (κ2) is 6.62. The van der Waals surface area contributed by atoms with Gasteiger partial charge in [0, 0.05) is 26.1 Å². The molecule has 0 radical (unpaired) electrons. The van der Waals surface area contributed by atoms with Gasteiger partial charge in [-0.25, -0.2) is 0 Å². The van der Waals surface area contributed by atoms with Crippen LogP contribution < -0.4 is 0 Å². The van der Waals surface area contributed by atoms with Crippen LogP contribution in [0, 0.1) is 6.92 Å². The number of nitrogens with zero attached hydrogens (tertiary/aromatic N) is 6. The minimum atomic E-state index is -0.208. The summed E-state index contributed by atoms with van der Waals surface area (Å²) in [5.41, 5.74) is 3.40. The zero-order valence-corrected chi connectivity index (χ0v) is 15.6. The van der Waals surface area contributed by atoms with Gasteiger partial charge in [0.1, 0.15) is 5.76 Å². The standard InChI is InChI=1S/C17H20N6O4/c1-5-13-18-16(27-20-13)14-10-6-23(7-12(10)22(3)19-14)17(24)15-11(8-25-4)9(2)26-21-15/h5-8H2,1-4H3. The van der Waals surface area contributed by atoms with E-state index in [0.717, 1.165) is 11.3 Å². The maximum absolute atomic E-state index is 13.0. The largest absolute Gasteiger partial charge is 0.380 e. The van der Waals surface area contributed by atoms with Crippen LogP contribution in [-0.4, -0.2) is 43.0 Å². The molecule has 142 valence electrons. The van der Waals surface area contributed by atoms with Crippen LogP contribution in [0.1, 0.15) is 45.8 Å². The van der Waals surface area contributed by atoms with Crippen molar-refractivity contribution in [3.63, 3.8) is 0 Å². The van der Waals surface area contributed by atoms with Gasteiger partial charge in [-0.05, 0) is 6.92 Å². The van der Waals surface area contributed by atoms with Crippen LogP contribution >= 0.6 is 0 Å². The highest BCUT2D eigenvalue weighted by atomic mass is 16.5. The Kier molecular flexibility index (Phi) is 4.27. The van der Waals surface area contributed by atoms with E-state index in [1.54, 1.807) is 23.6 Å². The van der Waals surface area contributed by atoms with Crippen molar-refractivity contribution < 1.29 is 18.6 Å². The van der Waals surface area contributed by atoms with Gasteiger partial charge in [-0.15, -0.1) is 0 Å². The number of aromatic nitrogens is 5. The number of aryl methyl sites for hydroxylation is 3. The van der Waals surface area contributed by atoms with Gasteiger partial charge in [0.15, 0.2) is 17.2 Å². The smallest absolute Gasteiger partial charge is 0.278 e. The zero-order valence-electron chi connectivity index (χ0n) is 15.6. The molecule has 0 aliphatic carbocycles. The molecule has 0 atom stereocenters. The fraction of sp³-hybridized carbons (Fsp3) is 0.471. The average molecular weight is 372 g/mol. The average Bonchev–Trinajstić information content (AvgIpc) is 3.41. The summed E-state index contributed by atoms with van der Waals surface area (Å²) in [4.78, 5) is 19.1. The summed E-state index contributed by atoms with van der Waals surface area (Å²) in [5.74, 6) is 1.37. The summed E-state index contributed by atoms with van der Waals surface area (Å²) in [6.07, 6.45) is 0.678. The highest BCUT2D eigenvalue weighted by Crippen LogP contribution is 2.32. The third kappa shape index (κ3) is 2.81. The van der Waals surface area contributed by atoms with Gasteiger partial charge in [-0.2, -0.15) is 10.1 Å². The molecule has 1 amide bonds. The minimum absolute atomic E-state index is 0.208. The summed E-state index contributed by atoms with van der Waals surface area (Å²) < 4.78 is 17.4. The fourth-order valence-corrected chi connectivity index (χ4v) is 3.23. The summed E-state index contributed by atoms with van der Waals surface area (Å²) in [6.45, 7) is 4.80. The van der Waals surface area contributed by atoms with Gasteiger partial charge < -0.3 is 18.7 Å². The van der Waals surface area contributed by atoms with E-state index >= 15 is 0 Å². The van der Waals surface area contributed by atoms with Crippen LogP contribution in [0.15, 0.2) is 9.05 Å². The van der Waals surface area contributed by atoms with Gasteiger partial charge in [0.05, 0.1) is 31.0 Å². The van der Waals surface area contributed by atoms with Gasteiger partial charge in [0.2, 0.25) is 0 Å². The summed E-state index contributed by atoms with van der Waals surface area (Å²) >= 11 is 0. The Morgan fingerprint density at radius 3 is 2.78 bits per heavy atom. The van der Waals surface area contributed by atoms with Crippen LogP contribution in [0.25, 0.3) is 11.6 Å². The Labute approximate surface area is 155 Å². The second-order valence-corrected chi connectivity index (χ2v) is 6.43. The van der Waals surface area contributed by atoms with Crippen LogP contribution in [0.3, 0.4) is 0 Å². The maximum Gasteiger partial charge on any atom is 0.278 e. The molecule has 0 spiro atoms. The third-order valence-electron chi connectivity index (χ3n) is 4.71. The van der Waals surface area contributed by atoms with Crippen LogP contribution in [-0.2, 0) is 37.9 Å². The van der Waals surface area contributed by atoms with E-state index in [1.165, 1.54) is 0 Å². The number of carbonyl (C=O) groups excluding carboxylic acids is 1. The maximum atomic E-state index is 13.0. The molecule has 1 aliphatic rings. The van der Waals surface area contributed by atoms with Crippen molar-refractivity contribution in [2.45, 2.75) is 40.0 Å². The molecule has 27 heavy (non-hydrogen) atoms. The topological polar surface area (TPSA) is 112 Å². The Hall–Kier alpha value is -3.01. The second-order valence-electron chi connectivity index (χ2n) is 6.43. The first-order chi connectivity index (χ1) is 13.0. The molecule has 0 unspecified atom stereocenters. The van der Waals surface area contributed by atoms with E-state index < -0.39 is 0 Å². The highest BCUT2D eigenvalue weighted by molar-refractivity contribution is 5.94. The first kappa shape index (κ1) is 17.4. The normalized spacial score (nSPS) is 13.4. The lowest BCUT2D eigenvalue weighted by Crippen LogP contribution is -2.27. The molecule has 10 heteroatoms. The Balaban J connectivity index is 1.63. The van der Waals surface area contributed by atoms with Crippen molar-refractivity contribution in [1.82, 2.24) is 30.0 Å². The lowest BCUT2D eigenvalue weighted by molar-refractivity contribution is 0.0733. The van der Waals surface area contributed by atoms with Gasteiger partial charge >= 0.3 is 0 Å². The summed E-state index contributed by atoms with van der Waals surface area (Å²) in [7, 11) is 3.41. The van der Waals surface area contributed by atoms with Gasteiger partial charge in [0.25, 0.3) is 11.8 Å². The van der Waals surface area contributed by atoms with E-state index in [4.69, 9.17) is 13.8 Å². The van der Waals surface area contributed by atoms with Crippen molar-refractivity contribution in [3.05, 3.63) is 34.1 Å². The van der Waals surface area contributed by atoms with Crippen molar-refractivity contribution in [2.75, 3.05) is 7.11 Å². The lowest BCUT2D eigenvalue weighted by Gasteiger charge is -2.15. The number of hydrogen-bond donors (Lipinski definition) is 0. The first-order valence-electron chi connectivity index (χ1n) is 8.64. The predicted octanol–water partition coefficient (Wildman–Crippen LogP) is 1.63. The predicted molar refractivity (Wildman–Crippen MR) is 91.4 cm³/mol. The number of fused-ring (bicyclic) bond motifs is 1. The first-order valence-corrected chi connectivity index (χ1v) is 8.64. The van der Waals surface area contributed by atoms with E-state index in [0.29, 0.717) is 48.2 Å². The van der Waals surface area contributed by atoms with Crippen molar-refractivity contribution in [1.29, 1.82) is 0 Å². The molecule has 10 nitrogen and oxygen atoms in total. The van der Waals surface area contributed by atoms with E-state index in [-0.39, 0.29) is 18.2 Å². The molecule has 0 saturated carbocycles. The fourth-order valence-electron chi connectivity index (χ4n) is 3.23. The molecule has 0 aromatic carbocycles. The number of amides is 1. The highest BCUT2D eigenvalue weighted by Gasteiger charge is 2.34. The SMILES string of the molecule is CCc1noc(-c2nn(C)c3c2CN(C(=O)c2noc(C)c2COC)C3)n1. The number of methoxy groups -OCH3 is 1. The third-order valence-corrected chi connectivity index (χ3v) is 4.71. The monoisotopic (exact) mass is 372 g/mol. The van der Waals surface area contributed by atoms with Crippen molar-refractivity contribution >= 4 is 5.91 Å². The molecule has 1 aliphatic heterocycles. The van der Waals surface area contributed by atoms with E-state index in [2.05, 4.69) is 20.4 Å². The molecule has 4 heterocycles. The molecule has 0 saturated heterocycles. The van der Waals surface area contributed by atoms with E-state index in [9.17, 15) is 4.79 Å². The molecule has 3 aromatic heterocycles. The van der Waals surface area contributed by atoms with Crippen molar-refractivity contribution in [2.24, 2.45) is 7.05 Å². The Bertz CT molecular complexity index is 1000. The van der Waals surface area contributed by atoms with Gasteiger partial charge in [-0.3, -0.25) is 9.48 Å². The molecule has 0 N–H and O–H groups in total. The molecule has 3 aromatic rings. The lowest BCUT2D eigenvalue weighted by atomic mass is 10.2. The molecule has 0 bridgehead atoms. The minimum Gasteiger partial charge on any atom is -0.380 e. The van der Waals surface area contributed by atoms with Crippen LogP contribution in [0.2, 0.25) is 0 Å². The van der Waals surface area contributed by atoms with Gasteiger partial charge in [-0.1, -0.05) is 17.2 Å². The van der Waals surface area contributed by atoms with Crippen LogP contribution in [0.5, 0.6) is 0 Å².